The van der Waals surface area contributed by atoms with Crippen LogP contribution in [0.15, 0.2) is 10.5 Å². The number of carbonyl (C=O) groups is 2. The normalized spacial score (nSPS) is 10.0. The van der Waals surface area contributed by atoms with Crippen molar-refractivity contribution >= 4 is 12.1 Å². The molecule has 0 aliphatic rings. The van der Waals surface area contributed by atoms with E-state index in [0.717, 1.165) is 0 Å². The van der Waals surface area contributed by atoms with Crippen LogP contribution in [0.5, 0.6) is 0 Å². The fourth-order valence-electron chi connectivity index (χ4n) is 1.20. The van der Waals surface area contributed by atoms with Gasteiger partial charge >= 0.3 is 0 Å². The number of aldehydes is 1. The molecule has 0 fully saturated rings. The molecular weight excluding hydrogens is 168 g/mol. The smallest absolute Gasteiger partial charge is 0.185 e. The van der Waals surface area contributed by atoms with Crippen molar-refractivity contribution in [2.45, 2.75) is 26.7 Å². The molecule has 0 aliphatic carbocycles. The predicted octanol–water partition coefficient (Wildman–Crippen LogP) is 2.25. The summed E-state index contributed by atoms with van der Waals surface area (Å²) in [5, 5.41) is 0. The maximum atomic E-state index is 11.3. The number of aryl methyl sites for hydroxylation is 1. The van der Waals surface area contributed by atoms with E-state index in [0.29, 0.717) is 30.5 Å². The van der Waals surface area contributed by atoms with E-state index >= 15 is 0 Å². The Labute approximate surface area is 76.7 Å². The molecule has 70 valence electrons. The van der Waals surface area contributed by atoms with Gasteiger partial charge in [-0.2, -0.15) is 0 Å². The number of rotatable bonds is 4. The predicted molar refractivity (Wildman–Crippen MR) is 48.1 cm³/mol. The van der Waals surface area contributed by atoms with Crippen LogP contribution >= 0.6 is 0 Å². The molecule has 3 heteroatoms. The number of furan rings is 1. The summed E-state index contributed by atoms with van der Waals surface area (Å²) in [5.74, 6) is 0.858. The van der Waals surface area contributed by atoms with E-state index in [1.807, 2.05) is 6.92 Å². The van der Waals surface area contributed by atoms with Gasteiger partial charge in [0.05, 0.1) is 5.56 Å². The summed E-state index contributed by atoms with van der Waals surface area (Å²) >= 11 is 0. The van der Waals surface area contributed by atoms with E-state index in [4.69, 9.17) is 4.42 Å². The number of hydrogen-bond acceptors (Lipinski definition) is 3. The molecule has 0 bridgehead atoms. The molecule has 0 saturated carbocycles. The Morgan fingerprint density at radius 2 is 2.23 bits per heavy atom. The number of Topliss-reactive ketones (excluding diaryl/α,β-unsaturated/α-hetero) is 1. The van der Waals surface area contributed by atoms with Crippen LogP contribution in [0.3, 0.4) is 0 Å². The summed E-state index contributed by atoms with van der Waals surface area (Å²) < 4.78 is 5.15. The minimum atomic E-state index is 0.0219. The second-order valence-corrected chi connectivity index (χ2v) is 2.73. The molecule has 1 aromatic heterocycles. The monoisotopic (exact) mass is 180 g/mol. The van der Waals surface area contributed by atoms with Crippen LogP contribution in [0.25, 0.3) is 0 Å². The molecule has 0 aliphatic heterocycles. The van der Waals surface area contributed by atoms with Crippen LogP contribution in [0, 0.1) is 0 Å². The highest BCUT2D eigenvalue weighted by Gasteiger charge is 2.14. The number of carbonyl (C=O) groups excluding carboxylic acids is 2. The van der Waals surface area contributed by atoms with Gasteiger partial charge in [-0.05, 0) is 6.07 Å². The third kappa shape index (κ3) is 1.86. The second-order valence-electron chi connectivity index (χ2n) is 2.73. The summed E-state index contributed by atoms with van der Waals surface area (Å²) in [5.41, 5.74) is 0.548. The molecule has 0 amide bonds. The molecule has 0 radical (unpaired) electrons. The lowest BCUT2D eigenvalue weighted by molar-refractivity contribution is 0.0985. The average Bonchev–Trinajstić information content (AvgIpc) is 2.59. The van der Waals surface area contributed by atoms with Crippen molar-refractivity contribution in [3.63, 3.8) is 0 Å². The van der Waals surface area contributed by atoms with Gasteiger partial charge in [-0.3, -0.25) is 9.59 Å². The zero-order valence-corrected chi connectivity index (χ0v) is 7.79. The largest absolute Gasteiger partial charge is 0.458 e. The van der Waals surface area contributed by atoms with Crippen LogP contribution < -0.4 is 0 Å². The van der Waals surface area contributed by atoms with E-state index in [-0.39, 0.29) is 11.5 Å². The van der Waals surface area contributed by atoms with Gasteiger partial charge in [0.15, 0.2) is 17.8 Å². The molecule has 3 nitrogen and oxygen atoms in total. The summed E-state index contributed by atoms with van der Waals surface area (Å²) in [6.07, 6.45) is 1.69. The molecule has 0 N–H and O–H groups in total. The first-order valence-electron chi connectivity index (χ1n) is 4.34. The Morgan fingerprint density at radius 1 is 1.54 bits per heavy atom. The van der Waals surface area contributed by atoms with Gasteiger partial charge in [-0.15, -0.1) is 0 Å². The Bertz CT molecular complexity index is 323. The SMILES string of the molecule is CCC(=O)c1cc(C=O)oc1CC. The maximum Gasteiger partial charge on any atom is 0.185 e. The fraction of sp³-hybridized carbons (Fsp3) is 0.400. The third-order valence-corrected chi connectivity index (χ3v) is 1.89. The van der Waals surface area contributed by atoms with Crippen molar-refractivity contribution in [2.75, 3.05) is 0 Å². The first-order chi connectivity index (χ1) is 6.22. The molecular formula is C10H12O3. The van der Waals surface area contributed by atoms with Crippen LogP contribution in [-0.2, 0) is 6.42 Å². The molecule has 1 aromatic rings. The fourth-order valence-corrected chi connectivity index (χ4v) is 1.20. The van der Waals surface area contributed by atoms with Crippen LogP contribution in [0.2, 0.25) is 0 Å². The lowest BCUT2D eigenvalue weighted by Gasteiger charge is -1.94. The molecule has 1 rings (SSSR count). The quantitative estimate of drug-likeness (QED) is 0.527. The maximum absolute atomic E-state index is 11.3. The Kier molecular flexibility index (Phi) is 3.01. The van der Waals surface area contributed by atoms with Gasteiger partial charge in [0.2, 0.25) is 0 Å². The average molecular weight is 180 g/mol. The topological polar surface area (TPSA) is 47.3 Å². The number of hydrogen-bond donors (Lipinski definition) is 0. The van der Waals surface area contributed by atoms with Crippen molar-refractivity contribution < 1.29 is 14.0 Å². The highest BCUT2D eigenvalue weighted by molar-refractivity contribution is 5.98. The molecule has 0 unspecified atom stereocenters. The third-order valence-electron chi connectivity index (χ3n) is 1.89. The highest BCUT2D eigenvalue weighted by atomic mass is 16.3. The standard InChI is InChI=1S/C10H12O3/c1-3-9(12)8-5-7(6-11)13-10(8)4-2/h5-6H,3-4H2,1-2H3. The van der Waals surface area contributed by atoms with Crippen molar-refractivity contribution in [3.05, 3.63) is 23.2 Å². The van der Waals surface area contributed by atoms with E-state index in [1.54, 1.807) is 6.92 Å². The van der Waals surface area contributed by atoms with Gasteiger partial charge in [0.25, 0.3) is 0 Å². The van der Waals surface area contributed by atoms with E-state index in [2.05, 4.69) is 0 Å². The van der Waals surface area contributed by atoms with Gasteiger partial charge in [0.1, 0.15) is 5.76 Å². The van der Waals surface area contributed by atoms with Crippen LogP contribution in [0.4, 0.5) is 0 Å². The van der Waals surface area contributed by atoms with E-state index in [9.17, 15) is 9.59 Å². The van der Waals surface area contributed by atoms with Gasteiger partial charge in [0, 0.05) is 12.8 Å². The molecule has 0 saturated heterocycles. The molecule has 0 atom stereocenters. The minimum Gasteiger partial charge on any atom is -0.458 e. The summed E-state index contributed by atoms with van der Waals surface area (Å²) in [4.78, 5) is 21.7. The van der Waals surface area contributed by atoms with Crippen molar-refractivity contribution in [1.29, 1.82) is 0 Å². The van der Waals surface area contributed by atoms with Crippen LogP contribution in [-0.4, -0.2) is 12.1 Å². The van der Waals surface area contributed by atoms with E-state index < -0.39 is 0 Å². The van der Waals surface area contributed by atoms with Gasteiger partial charge in [-0.1, -0.05) is 13.8 Å². The second kappa shape index (κ2) is 4.03. The minimum absolute atomic E-state index is 0.0219. The van der Waals surface area contributed by atoms with E-state index in [1.165, 1.54) is 6.07 Å². The first kappa shape index (κ1) is 9.71. The lowest BCUT2D eigenvalue weighted by atomic mass is 10.1. The Hall–Kier alpha value is -1.38. The summed E-state index contributed by atoms with van der Waals surface area (Å²) in [7, 11) is 0. The molecule has 0 aromatic carbocycles. The molecule has 13 heavy (non-hydrogen) atoms. The van der Waals surface area contributed by atoms with Crippen molar-refractivity contribution in [3.8, 4) is 0 Å². The van der Waals surface area contributed by atoms with Crippen molar-refractivity contribution in [2.24, 2.45) is 0 Å². The Morgan fingerprint density at radius 3 is 2.69 bits per heavy atom. The summed E-state index contributed by atoms with van der Waals surface area (Å²) in [6.45, 7) is 3.68. The first-order valence-corrected chi connectivity index (χ1v) is 4.34. The van der Waals surface area contributed by atoms with Gasteiger partial charge in [-0.25, -0.2) is 0 Å². The molecule has 0 spiro atoms. The highest BCUT2D eigenvalue weighted by Crippen LogP contribution is 2.16. The van der Waals surface area contributed by atoms with Gasteiger partial charge < -0.3 is 4.42 Å². The lowest BCUT2D eigenvalue weighted by Crippen LogP contribution is -1.97. The summed E-state index contributed by atoms with van der Waals surface area (Å²) in [6, 6.07) is 1.51. The van der Waals surface area contributed by atoms with Crippen molar-refractivity contribution in [1.82, 2.24) is 0 Å². The Balaban J connectivity index is 3.10. The zero-order valence-electron chi connectivity index (χ0n) is 7.79. The number of ketones is 1. The van der Waals surface area contributed by atoms with Crippen LogP contribution in [0.1, 0.15) is 46.9 Å². The zero-order chi connectivity index (χ0) is 9.84. The molecule has 1 heterocycles.